The summed E-state index contributed by atoms with van der Waals surface area (Å²) in [5, 5.41) is 0. The smallest absolute Gasteiger partial charge is 0.125 e. The van der Waals surface area contributed by atoms with Crippen LogP contribution >= 0.6 is 0 Å². The molecule has 0 saturated carbocycles. The standard InChI is InChI=1S/C5H5FO/c6-5-1-3-7-4-2-5/h1-3H,4H2. The average molecular weight is 100 g/mol. The summed E-state index contributed by atoms with van der Waals surface area (Å²) in [6.45, 7) is 0.363. The van der Waals surface area contributed by atoms with Gasteiger partial charge in [0.15, 0.2) is 0 Å². The summed E-state index contributed by atoms with van der Waals surface area (Å²) in [5.41, 5.74) is 0. The molecule has 0 amide bonds. The Morgan fingerprint density at radius 1 is 1.71 bits per heavy atom. The second-order valence-electron chi connectivity index (χ2n) is 1.23. The quantitative estimate of drug-likeness (QED) is 0.447. The van der Waals surface area contributed by atoms with Crippen molar-refractivity contribution in [2.24, 2.45) is 0 Å². The van der Waals surface area contributed by atoms with Gasteiger partial charge in [-0.25, -0.2) is 4.39 Å². The lowest BCUT2D eigenvalue weighted by atomic mass is 10.4. The highest BCUT2D eigenvalue weighted by atomic mass is 19.1. The van der Waals surface area contributed by atoms with Gasteiger partial charge in [-0.1, -0.05) is 0 Å². The van der Waals surface area contributed by atoms with Crippen molar-refractivity contribution < 1.29 is 9.13 Å². The topological polar surface area (TPSA) is 9.23 Å². The Hall–Kier alpha value is -0.790. The van der Waals surface area contributed by atoms with Crippen LogP contribution in [0.1, 0.15) is 0 Å². The molecule has 0 fully saturated rings. The first-order valence-corrected chi connectivity index (χ1v) is 2.03. The van der Waals surface area contributed by atoms with E-state index in [1.54, 1.807) is 0 Å². The van der Waals surface area contributed by atoms with Gasteiger partial charge >= 0.3 is 0 Å². The monoisotopic (exact) mass is 100 g/mol. The molecule has 0 spiro atoms. The normalized spacial score (nSPS) is 18.1. The molecule has 2 heteroatoms. The van der Waals surface area contributed by atoms with Crippen molar-refractivity contribution in [2.45, 2.75) is 0 Å². The highest BCUT2D eigenvalue weighted by molar-refractivity contribution is 5.11. The zero-order valence-corrected chi connectivity index (χ0v) is 3.73. The first kappa shape index (κ1) is 4.37. The molecule has 38 valence electrons. The maximum atomic E-state index is 11.9. The lowest BCUT2D eigenvalue weighted by Gasteiger charge is -1.97. The predicted molar refractivity (Wildman–Crippen MR) is 24.3 cm³/mol. The van der Waals surface area contributed by atoms with Crippen LogP contribution in [0.4, 0.5) is 4.39 Å². The van der Waals surface area contributed by atoms with Crippen molar-refractivity contribution in [1.29, 1.82) is 0 Å². The first-order valence-electron chi connectivity index (χ1n) is 2.03. The molecule has 0 radical (unpaired) electrons. The van der Waals surface area contributed by atoms with Crippen LogP contribution < -0.4 is 0 Å². The van der Waals surface area contributed by atoms with Gasteiger partial charge in [0.1, 0.15) is 12.4 Å². The van der Waals surface area contributed by atoms with Crippen LogP contribution in [0.5, 0.6) is 0 Å². The highest BCUT2D eigenvalue weighted by Crippen LogP contribution is 2.02. The van der Waals surface area contributed by atoms with Crippen molar-refractivity contribution in [3.05, 3.63) is 24.2 Å². The van der Waals surface area contributed by atoms with Crippen molar-refractivity contribution in [1.82, 2.24) is 0 Å². The van der Waals surface area contributed by atoms with E-state index in [2.05, 4.69) is 4.74 Å². The average Bonchev–Trinajstić information content (AvgIpc) is 1.69. The van der Waals surface area contributed by atoms with Crippen LogP contribution in [0, 0.1) is 0 Å². The van der Waals surface area contributed by atoms with E-state index in [-0.39, 0.29) is 5.83 Å². The summed E-state index contributed by atoms with van der Waals surface area (Å²) in [7, 11) is 0. The molecule has 0 atom stereocenters. The van der Waals surface area contributed by atoms with Gasteiger partial charge < -0.3 is 4.74 Å². The van der Waals surface area contributed by atoms with E-state index < -0.39 is 0 Å². The van der Waals surface area contributed by atoms with Gasteiger partial charge in [0.05, 0.1) is 6.26 Å². The minimum absolute atomic E-state index is 0.216. The molecule has 0 bridgehead atoms. The number of rotatable bonds is 0. The third-order valence-electron chi connectivity index (χ3n) is 0.698. The van der Waals surface area contributed by atoms with E-state index in [1.807, 2.05) is 0 Å². The fourth-order valence-electron chi connectivity index (χ4n) is 0.364. The number of halogens is 1. The van der Waals surface area contributed by atoms with E-state index in [0.717, 1.165) is 0 Å². The molecule has 0 saturated heterocycles. The Morgan fingerprint density at radius 2 is 2.57 bits per heavy atom. The van der Waals surface area contributed by atoms with Crippen LogP contribution in [-0.2, 0) is 4.74 Å². The van der Waals surface area contributed by atoms with Crippen molar-refractivity contribution in [2.75, 3.05) is 6.61 Å². The van der Waals surface area contributed by atoms with E-state index in [9.17, 15) is 4.39 Å². The highest BCUT2D eigenvalue weighted by Gasteiger charge is 1.90. The number of ether oxygens (including phenoxy) is 1. The number of allylic oxidation sites excluding steroid dienone is 2. The largest absolute Gasteiger partial charge is 0.497 e. The fraction of sp³-hybridized carbons (Fsp3) is 0.200. The zero-order valence-electron chi connectivity index (χ0n) is 3.73. The molecule has 0 unspecified atom stereocenters. The second kappa shape index (κ2) is 1.78. The Morgan fingerprint density at radius 3 is 2.86 bits per heavy atom. The Kier molecular flexibility index (Phi) is 1.11. The third-order valence-corrected chi connectivity index (χ3v) is 0.698. The SMILES string of the molecule is FC1=CCOC=C1. The van der Waals surface area contributed by atoms with Crippen LogP contribution in [0.25, 0.3) is 0 Å². The summed E-state index contributed by atoms with van der Waals surface area (Å²) in [6.07, 6.45) is 4.00. The van der Waals surface area contributed by atoms with Gasteiger partial charge in [-0.15, -0.1) is 0 Å². The zero-order chi connectivity index (χ0) is 5.11. The summed E-state index contributed by atoms with van der Waals surface area (Å²) in [4.78, 5) is 0. The molecule has 0 aromatic rings. The van der Waals surface area contributed by atoms with E-state index in [4.69, 9.17) is 0 Å². The molecule has 0 N–H and O–H groups in total. The molecule has 1 nitrogen and oxygen atoms in total. The van der Waals surface area contributed by atoms with Crippen LogP contribution in [0.2, 0.25) is 0 Å². The first-order chi connectivity index (χ1) is 3.39. The number of hydrogen-bond acceptors (Lipinski definition) is 1. The fourth-order valence-corrected chi connectivity index (χ4v) is 0.364. The van der Waals surface area contributed by atoms with Gasteiger partial charge in [0, 0.05) is 6.08 Å². The van der Waals surface area contributed by atoms with Gasteiger partial charge in [0.25, 0.3) is 0 Å². The molecule has 1 aliphatic heterocycles. The van der Waals surface area contributed by atoms with Gasteiger partial charge in [-0.2, -0.15) is 0 Å². The molecule has 7 heavy (non-hydrogen) atoms. The summed E-state index contributed by atoms with van der Waals surface area (Å²) in [6, 6.07) is 0. The maximum absolute atomic E-state index is 11.9. The van der Waals surface area contributed by atoms with Crippen molar-refractivity contribution in [3.8, 4) is 0 Å². The summed E-state index contributed by atoms with van der Waals surface area (Å²) >= 11 is 0. The Labute approximate surface area is 41.1 Å². The second-order valence-corrected chi connectivity index (χ2v) is 1.23. The van der Waals surface area contributed by atoms with Gasteiger partial charge in [-0.3, -0.25) is 0 Å². The third kappa shape index (κ3) is 1.03. The Balaban J connectivity index is 2.58. The lowest BCUT2D eigenvalue weighted by Crippen LogP contribution is -1.86. The summed E-state index contributed by atoms with van der Waals surface area (Å²) in [5.74, 6) is -0.216. The molecular formula is C5H5FO. The van der Waals surface area contributed by atoms with Crippen LogP contribution in [-0.4, -0.2) is 6.61 Å². The van der Waals surface area contributed by atoms with Crippen molar-refractivity contribution >= 4 is 0 Å². The molecule has 0 aliphatic carbocycles. The van der Waals surface area contributed by atoms with E-state index in [1.165, 1.54) is 18.4 Å². The van der Waals surface area contributed by atoms with Gasteiger partial charge in [0.2, 0.25) is 0 Å². The van der Waals surface area contributed by atoms with Crippen molar-refractivity contribution in [3.63, 3.8) is 0 Å². The summed E-state index contributed by atoms with van der Waals surface area (Å²) < 4.78 is 16.5. The molecule has 1 rings (SSSR count). The van der Waals surface area contributed by atoms with E-state index >= 15 is 0 Å². The predicted octanol–water partition coefficient (Wildman–Crippen LogP) is 1.38. The molecule has 0 aromatic carbocycles. The van der Waals surface area contributed by atoms with Crippen LogP contribution in [0.15, 0.2) is 24.2 Å². The van der Waals surface area contributed by atoms with Crippen LogP contribution in [0.3, 0.4) is 0 Å². The molecule has 1 aliphatic rings. The minimum atomic E-state index is -0.216. The minimum Gasteiger partial charge on any atom is -0.497 e. The van der Waals surface area contributed by atoms with Gasteiger partial charge in [-0.05, 0) is 6.08 Å². The van der Waals surface area contributed by atoms with E-state index in [0.29, 0.717) is 6.61 Å². The maximum Gasteiger partial charge on any atom is 0.125 e. The molecular weight excluding hydrogens is 95.1 g/mol. The molecule has 0 aromatic heterocycles. The number of hydrogen-bond donors (Lipinski definition) is 0. The Bertz CT molecular complexity index is 115. The molecule has 1 heterocycles. The lowest BCUT2D eigenvalue weighted by molar-refractivity contribution is 0.280.